The number of hydrogen-bond acceptors (Lipinski definition) is 0. The summed E-state index contributed by atoms with van der Waals surface area (Å²) in [5.41, 5.74) is 6.89. The molecule has 0 radical (unpaired) electrons. The van der Waals surface area contributed by atoms with Gasteiger partial charge < -0.3 is 0 Å². The Labute approximate surface area is 172 Å². The highest BCUT2D eigenvalue weighted by Gasteiger charge is 2.21. The average molecular weight is 378 g/mol. The van der Waals surface area contributed by atoms with Gasteiger partial charge in [0, 0.05) is 0 Å². The molecule has 0 saturated carbocycles. The average Bonchev–Trinajstić information content (AvgIpc) is 2.77. The van der Waals surface area contributed by atoms with E-state index >= 15 is 0 Å². The molecular formula is C27H25N2+. The molecule has 0 bridgehead atoms. The first-order chi connectivity index (χ1) is 14.2. The molecule has 2 nitrogen and oxygen atoms in total. The molecule has 0 aliphatic heterocycles. The quantitative estimate of drug-likeness (QED) is 0.238. The Balaban J connectivity index is 1.96. The van der Waals surface area contributed by atoms with E-state index < -0.39 is 0 Å². The van der Waals surface area contributed by atoms with Crippen LogP contribution in [0, 0.1) is 13.8 Å². The molecule has 2 heteroatoms. The number of rotatable bonds is 4. The van der Waals surface area contributed by atoms with Crippen LogP contribution in [0.5, 0.6) is 0 Å². The van der Waals surface area contributed by atoms with Crippen LogP contribution in [0.3, 0.4) is 0 Å². The number of para-hydroxylation sites is 1. The van der Waals surface area contributed by atoms with E-state index in [1.54, 1.807) is 0 Å². The van der Waals surface area contributed by atoms with Crippen molar-refractivity contribution >= 4 is 22.9 Å². The highest BCUT2D eigenvalue weighted by Crippen LogP contribution is 2.24. The molecular weight excluding hydrogens is 352 g/mol. The number of anilines is 1. The number of nitrogens with zero attached hydrogens (tertiary/aromatic N) is 1. The van der Waals surface area contributed by atoms with Crippen LogP contribution < -0.4 is 9.89 Å². The Bertz CT molecular complexity index is 1090. The Morgan fingerprint density at radius 3 is 1.62 bits per heavy atom. The van der Waals surface area contributed by atoms with Crippen molar-refractivity contribution in [2.75, 3.05) is 5.32 Å². The standard InChI is InChI=1S/C27H24N2/c1-21-13-17-24(18-14-21)28-27(23-9-5-3-6-10-23)29(25-11-7-4-8-12-25)26-19-15-22(2)16-20-26/h3-20H,1-2H3/p+1. The van der Waals surface area contributed by atoms with Gasteiger partial charge >= 0.3 is 0 Å². The predicted molar refractivity (Wildman–Crippen MR) is 124 cm³/mol. The van der Waals surface area contributed by atoms with Crippen LogP contribution in [0.25, 0.3) is 0 Å². The zero-order valence-electron chi connectivity index (χ0n) is 16.8. The van der Waals surface area contributed by atoms with Crippen LogP contribution in [0.4, 0.5) is 17.1 Å². The maximum atomic E-state index is 3.68. The Morgan fingerprint density at radius 1 is 0.552 bits per heavy atom. The Morgan fingerprint density at radius 2 is 1.03 bits per heavy atom. The molecule has 0 atom stereocenters. The van der Waals surface area contributed by atoms with Crippen molar-refractivity contribution in [1.82, 2.24) is 4.58 Å². The largest absolute Gasteiger partial charge is 0.292 e. The second kappa shape index (κ2) is 8.57. The van der Waals surface area contributed by atoms with Crippen molar-refractivity contribution in [3.63, 3.8) is 0 Å². The van der Waals surface area contributed by atoms with Gasteiger partial charge in [0.2, 0.25) is 0 Å². The minimum Gasteiger partial charge on any atom is -0.240 e. The summed E-state index contributed by atoms with van der Waals surface area (Å²) in [6.45, 7) is 4.22. The van der Waals surface area contributed by atoms with Gasteiger partial charge in [0.1, 0.15) is 17.1 Å². The van der Waals surface area contributed by atoms with Gasteiger partial charge in [-0.25, -0.2) is 5.32 Å². The number of amidine groups is 1. The first kappa shape index (κ1) is 18.7. The molecule has 0 heterocycles. The molecule has 0 unspecified atom stereocenters. The molecule has 0 amide bonds. The van der Waals surface area contributed by atoms with Crippen LogP contribution in [0.15, 0.2) is 109 Å². The van der Waals surface area contributed by atoms with Crippen molar-refractivity contribution < 1.29 is 0 Å². The third-order valence-electron chi connectivity index (χ3n) is 4.89. The fourth-order valence-corrected chi connectivity index (χ4v) is 3.30. The predicted octanol–water partition coefficient (Wildman–Crippen LogP) is 6.70. The summed E-state index contributed by atoms with van der Waals surface area (Å²) in [6, 6.07) is 38.1. The summed E-state index contributed by atoms with van der Waals surface area (Å²) in [5, 5.41) is 3.68. The lowest BCUT2D eigenvalue weighted by Crippen LogP contribution is -2.26. The van der Waals surface area contributed by atoms with E-state index in [4.69, 9.17) is 0 Å². The normalized spacial score (nSPS) is 11.7. The Kier molecular flexibility index (Phi) is 5.53. The lowest BCUT2D eigenvalue weighted by Gasteiger charge is -2.14. The van der Waals surface area contributed by atoms with Gasteiger partial charge in [0.05, 0.1) is 5.56 Å². The third-order valence-corrected chi connectivity index (χ3v) is 4.89. The fraction of sp³-hybridized carbons (Fsp3) is 0.0741. The van der Waals surface area contributed by atoms with Gasteiger partial charge in [-0.3, -0.25) is 0 Å². The van der Waals surface area contributed by atoms with Crippen molar-refractivity contribution in [3.8, 4) is 0 Å². The van der Waals surface area contributed by atoms with E-state index in [0.717, 1.165) is 28.5 Å². The van der Waals surface area contributed by atoms with E-state index in [2.05, 4.69) is 121 Å². The lowest BCUT2D eigenvalue weighted by atomic mass is 10.1. The first-order valence-corrected chi connectivity index (χ1v) is 9.88. The molecule has 0 aliphatic carbocycles. The fourth-order valence-electron chi connectivity index (χ4n) is 3.30. The molecule has 4 rings (SSSR count). The highest BCUT2D eigenvalue weighted by atomic mass is 15.1. The molecule has 29 heavy (non-hydrogen) atoms. The maximum absolute atomic E-state index is 3.68. The lowest BCUT2D eigenvalue weighted by molar-refractivity contribution is 1.07. The number of nitrogens with one attached hydrogen (secondary N) is 1. The first-order valence-electron chi connectivity index (χ1n) is 9.88. The monoisotopic (exact) mass is 377 g/mol. The van der Waals surface area contributed by atoms with E-state index in [9.17, 15) is 0 Å². The highest BCUT2D eigenvalue weighted by molar-refractivity contribution is 6.10. The molecule has 0 saturated heterocycles. The van der Waals surface area contributed by atoms with E-state index in [1.165, 1.54) is 11.1 Å². The maximum Gasteiger partial charge on any atom is 0.292 e. The molecule has 142 valence electrons. The number of benzene rings is 4. The summed E-state index contributed by atoms with van der Waals surface area (Å²) in [5.74, 6) is 1.02. The minimum absolute atomic E-state index is 1.02. The van der Waals surface area contributed by atoms with Crippen LogP contribution in [-0.2, 0) is 0 Å². The molecule has 0 fully saturated rings. The molecule has 4 aromatic carbocycles. The van der Waals surface area contributed by atoms with Gasteiger partial charge in [-0.2, -0.15) is 4.58 Å². The number of aryl methyl sites for hydroxylation is 2. The van der Waals surface area contributed by atoms with Crippen molar-refractivity contribution in [1.29, 1.82) is 0 Å². The van der Waals surface area contributed by atoms with Gasteiger partial charge in [0.25, 0.3) is 5.84 Å². The third kappa shape index (κ3) is 4.44. The SMILES string of the molecule is Cc1ccc(NC(c2ccccc2)=[N+](c2ccccc2)c2ccc(C)cc2)cc1. The zero-order chi connectivity index (χ0) is 20.1. The molecule has 0 aromatic heterocycles. The van der Waals surface area contributed by atoms with Crippen LogP contribution in [0.2, 0.25) is 0 Å². The van der Waals surface area contributed by atoms with Crippen LogP contribution in [-0.4, -0.2) is 5.84 Å². The second-order valence-electron chi connectivity index (χ2n) is 7.21. The van der Waals surface area contributed by atoms with E-state index in [0.29, 0.717) is 0 Å². The summed E-state index contributed by atoms with van der Waals surface area (Å²) >= 11 is 0. The van der Waals surface area contributed by atoms with Crippen LogP contribution >= 0.6 is 0 Å². The topological polar surface area (TPSA) is 15.0 Å². The van der Waals surface area contributed by atoms with Gasteiger partial charge in [-0.1, -0.05) is 71.8 Å². The van der Waals surface area contributed by atoms with Gasteiger partial charge in [-0.05, 0) is 62.4 Å². The van der Waals surface area contributed by atoms with E-state index in [-0.39, 0.29) is 0 Å². The zero-order valence-corrected chi connectivity index (χ0v) is 16.8. The molecule has 4 aromatic rings. The second-order valence-corrected chi connectivity index (χ2v) is 7.21. The van der Waals surface area contributed by atoms with Gasteiger partial charge in [0.15, 0.2) is 0 Å². The van der Waals surface area contributed by atoms with Crippen molar-refractivity contribution in [2.45, 2.75) is 13.8 Å². The molecule has 0 aliphatic rings. The van der Waals surface area contributed by atoms with Crippen LogP contribution in [0.1, 0.15) is 16.7 Å². The summed E-state index contributed by atoms with van der Waals surface area (Å²) in [7, 11) is 0. The minimum atomic E-state index is 1.02. The Hall–Kier alpha value is -3.65. The summed E-state index contributed by atoms with van der Waals surface area (Å²) in [6.07, 6.45) is 0. The van der Waals surface area contributed by atoms with Gasteiger partial charge in [-0.15, -0.1) is 0 Å². The molecule has 1 N–H and O–H groups in total. The smallest absolute Gasteiger partial charge is 0.240 e. The van der Waals surface area contributed by atoms with Crippen molar-refractivity contribution in [3.05, 3.63) is 126 Å². The van der Waals surface area contributed by atoms with E-state index in [1.807, 2.05) is 12.1 Å². The number of hydrogen-bond donors (Lipinski definition) is 1. The van der Waals surface area contributed by atoms with Crippen molar-refractivity contribution in [2.24, 2.45) is 0 Å². The summed E-state index contributed by atoms with van der Waals surface area (Å²) < 4.78 is 2.27. The summed E-state index contributed by atoms with van der Waals surface area (Å²) in [4.78, 5) is 0. The molecule has 0 spiro atoms.